The summed E-state index contributed by atoms with van der Waals surface area (Å²) >= 11 is 0. The quantitative estimate of drug-likeness (QED) is 0.294. The maximum Gasteiger partial charge on any atom is 0.0715 e. The third-order valence-corrected chi connectivity index (χ3v) is 5.78. The highest BCUT2D eigenvalue weighted by atomic mass is 14.7. The van der Waals surface area contributed by atoms with Gasteiger partial charge in [0.15, 0.2) is 0 Å². The maximum atomic E-state index is 4.66. The molecule has 0 aliphatic carbocycles. The fraction of sp³-hybridized carbons (Fsp3) is 0. The lowest BCUT2D eigenvalue weighted by Gasteiger charge is -2.17. The fourth-order valence-electron chi connectivity index (χ4n) is 4.46. The molecule has 0 amide bonds. The molecule has 0 spiro atoms. The largest absolute Gasteiger partial charge is 0.264 e. The van der Waals surface area contributed by atoms with Gasteiger partial charge in [0.05, 0.1) is 5.69 Å². The topological polar surface area (TPSA) is 25.8 Å². The standard InChI is InChI=1S/C28H18N2/c1-2-8-20-17-21(13-12-19(20)7-1)27-22-9-3-4-10-23(22)28(26-11-5-6-15-30-26)25-18-29-16-14-24(25)27/h1-18H. The molecule has 2 aromatic heterocycles. The molecule has 0 saturated carbocycles. The zero-order chi connectivity index (χ0) is 19.9. The summed E-state index contributed by atoms with van der Waals surface area (Å²) in [6, 6.07) is 32.0. The zero-order valence-electron chi connectivity index (χ0n) is 16.3. The Morgan fingerprint density at radius 2 is 1.23 bits per heavy atom. The third-order valence-electron chi connectivity index (χ3n) is 5.78. The van der Waals surface area contributed by atoms with Crippen LogP contribution in [0.5, 0.6) is 0 Å². The lowest BCUT2D eigenvalue weighted by Crippen LogP contribution is -1.92. The van der Waals surface area contributed by atoms with Crippen molar-refractivity contribution in [3.05, 3.63) is 110 Å². The van der Waals surface area contributed by atoms with E-state index in [-0.39, 0.29) is 0 Å². The number of aromatic nitrogens is 2. The van der Waals surface area contributed by atoms with E-state index in [9.17, 15) is 0 Å². The van der Waals surface area contributed by atoms with Crippen LogP contribution in [0.4, 0.5) is 0 Å². The fourth-order valence-corrected chi connectivity index (χ4v) is 4.46. The first-order valence-corrected chi connectivity index (χ1v) is 10.1. The van der Waals surface area contributed by atoms with Crippen molar-refractivity contribution in [3.8, 4) is 22.4 Å². The van der Waals surface area contributed by atoms with Gasteiger partial charge in [0.2, 0.25) is 0 Å². The van der Waals surface area contributed by atoms with E-state index in [2.05, 4.69) is 88.8 Å². The predicted molar refractivity (Wildman–Crippen MR) is 125 cm³/mol. The van der Waals surface area contributed by atoms with Gasteiger partial charge in [-0.3, -0.25) is 9.97 Å². The molecule has 0 aliphatic heterocycles. The number of hydrogen-bond acceptors (Lipinski definition) is 2. The second kappa shape index (κ2) is 6.78. The van der Waals surface area contributed by atoms with Crippen molar-refractivity contribution in [3.63, 3.8) is 0 Å². The van der Waals surface area contributed by atoms with Crippen molar-refractivity contribution in [2.45, 2.75) is 0 Å². The second-order valence-corrected chi connectivity index (χ2v) is 7.49. The molecule has 0 aliphatic rings. The minimum absolute atomic E-state index is 0.969. The van der Waals surface area contributed by atoms with Gasteiger partial charge in [0, 0.05) is 29.5 Å². The minimum Gasteiger partial charge on any atom is -0.264 e. The Morgan fingerprint density at radius 3 is 2.07 bits per heavy atom. The molecule has 6 aromatic rings. The Hall–Kier alpha value is -4.04. The molecule has 6 rings (SSSR count). The molecular formula is C28H18N2. The van der Waals surface area contributed by atoms with E-state index in [4.69, 9.17) is 0 Å². The minimum atomic E-state index is 0.969. The highest BCUT2D eigenvalue weighted by Crippen LogP contribution is 2.43. The molecule has 0 unspecified atom stereocenters. The van der Waals surface area contributed by atoms with Gasteiger partial charge >= 0.3 is 0 Å². The molecule has 0 saturated heterocycles. The van der Waals surface area contributed by atoms with Crippen LogP contribution in [0.3, 0.4) is 0 Å². The summed E-state index contributed by atoms with van der Waals surface area (Å²) in [6.07, 6.45) is 5.70. The van der Waals surface area contributed by atoms with E-state index in [0.717, 1.165) is 16.6 Å². The molecule has 2 heterocycles. The van der Waals surface area contributed by atoms with E-state index in [1.54, 1.807) is 0 Å². The van der Waals surface area contributed by atoms with Crippen LogP contribution < -0.4 is 0 Å². The van der Waals surface area contributed by atoms with Crippen molar-refractivity contribution in [2.24, 2.45) is 0 Å². The number of benzene rings is 4. The average Bonchev–Trinajstić information content (AvgIpc) is 2.82. The van der Waals surface area contributed by atoms with Crippen LogP contribution in [0.25, 0.3) is 54.7 Å². The highest BCUT2D eigenvalue weighted by molar-refractivity contribution is 6.21. The first-order valence-electron chi connectivity index (χ1n) is 10.1. The van der Waals surface area contributed by atoms with Gasteiger partial charge in [-0.2, -0.15) is 0 Å². The molecular weight excluding hydrogens is 364 g/mol. The Morgan fingerprint density at radius 1 is 0.500 bits per heavy atom. The summed E-state index contributed by atoms with van der Waals surface area (Å²) in [5, 5.41) is 7.24. The van der Waals surface area contributed by atoms with Crippen LogP contribution in [0.15, 0.2) is 110 Å². The van der Waals surface area contributed by atoms with Gasteiger partial charge in [-0.05, 0) is 62.3 Å². The molecule has 0 atom stereocenters. The molecule has 0 fully saturated rings. The van der Waals surface area contributed by atoms with Gasteiger partial charge in [-0.25, -0.2) is 0 Å². The molecule has 0 N–H and O–H groups in total. The van der Waals surface area contributed by atoms with Gasteiger partial charge in [0.1, 0.15) is 0 Å². The highest BCUT2D eigenvalue weighted by Gasteiger charge is 2.17. The van der Waals surface area contributed by atoms with Crippen LogP contribution in [0.2, 0.25) is 0 Å². The van der Waals surface area contributed by atoms with Crippen molar-refractivity contribution < 1.29 is 0 Å². The van der Waals surface area contributed by atoms with Crippen molar-refractivity contribution >= 4 is 32.3 Å². The van der Waals surface area contributed by atoms with Crippen LogP contribution in [-0.2, 0) is 0 Å². The summed E-state index contributed by atoms with van der Waals surface area (Å²) in [7, 11) is 0. The predicted octanol–water partition coefficient (Wildman–Crippen LogP) is 7.27. The molecule has 2 heteroatoms. The van der Waals surface area contributed by atoms with Crippen molar-refractivity contribution in [1.29, 1.82) is 0 Å². The lowest BCUT2D eigenvalue weighted by molar-refractivity contribution is 1.33. The Bertz CT molecular complexity index is 1480. The van der Waals surface area contributed by atoms with Gasteiger partial charge in [-0.15, -0.1) is 0 Å². The summed E-state index contributed by atoms with van der Waals surface area (Å²) < 4.78 is 0. The maximum absolute atomic E-state index is 4.66. The molecule has 2 nitrogen and oxygen atoms in total. The average molecular weight is 382 g/mol. The Kier molecular flexibility index (Phi) is 3.82. The van der Waals surface area contributed by atoms with Gasteiger partial charge in [0.25, 0.3) is 0 Å². The number of pyridine rings is 2. The van der Waals surface area contributed by atoms with E-state index in [1.807, 2.05) is 30.7 Å². The third kappa shape index (κ3) is 2.58. The first-order chi connectivity index (χ1) is 14.9. The van der Waals surface area contributed by atoms with Crippen LogP contribution >= 0.6 is 0 Å². The summed E-state index contributed by atoms with van der Waals surface area (Å²) in [4.78, 5) is 9.13. The normalized spacial score (nSPS) is 11.3. The van der Waals surface area contributed by atoms with Crippen LogP contribution in [0, 0.1) is 0 Å². The summed E-state index contributed by atoms with van der Waals surface area (Å²) in [5.74, 6) is 0. The molecule has 4 aromatic carbocycles. The monoisotopic (exact) mass is 382 g/mol. The van der Waals surface area contributed by atoms with E-state index >= 15 is 0 Å². The van der Waals surface area contributed by atoms with Crippen LogP contribution in [0.1, 0.15) is 0 Å². The van der Waals surface area contributed by atoms with E-state index in [1.165, 1.54) is 38.1 Å². The summed E-state index contributed by atoms with van der Waals surface area (Å²) in [6.45, 7) is 0. The van der Waals surface area contributed by atoms with Crippen molar-refractivity contribution in [2.75, 3.05) is 0 Å². The van der Waals surface area contributed by atoms with E-state index in [0.29, 0.717) is 0 Å². The first kappa shape index (κ1) is 16.9. The number of rotatable bonds is 2. The van der Waals surface area contributed by atoms with Gasteiger partial charge in [-0.1, -0.05) is 66.7 Å². The number of hydrogen-bond donors (Lipinski definition) is 0. The van der Waals surface area contributed by atoms with Crippen molar-refractivity contribution in [1.82, 2.24) is 9.97 Å². The lowest BCUT2D eigenvalue weighted by atomic mass is 9.87. The Labute approximate surface area is 174 Å². The number of fused-ring (bicyclic) bond motifs is 3. The molecule has 30 heavy (non-hydrogen) atoms. The SMILES string of the molecule is c1ccc(-c2c3ccccc3c(-c3ccc4ccccc4c3)c3ccncc23)nc1. The second-order valence-electron chi connectivity index (χ2n) is 7.49. The molecule has 0 bridgehead atoms. The smallest absolute Gasteiger partial charge is 0.0715 e. The van der Waals surface area contributed by atoms with E-state index < -0.39 is 0 Å². The zero-order valence-corrected chi connectivity index (χ0v) is 16.3. The Balaban J connectivity index is 1.79. The molecule has 0 radical (unpaired) electrons. The number of nitrogens with zero attached hydrogens (tertiary/aromatic N) is 2. The van der Waals surface area contributed by atoms with Gasteiger partial charge < -0.3 is 0 Å². The summed E-state index contributed by atoms with van der Waals surface area (Å²) in [5.41, 5.74) is 4.57. The van der Waals surface area contributed by atoms with Crippen LogP contribution in [-0.4, -0.2) is 9.97 Å². The molecule has 140 valence electrons.